The fraction of sp³-hybridized carbons (Fsp3) is 0.333. The molecule has 3 aromatic carbocycles. The molecule has 2 amide bonds. The minimum Gasteiger partial charge on any atom is -0.497 e. The van der Waals surface area contributed by atoms with E-state index in [1.807, 2.05) is 85.8 Å². The van der Waals surface area contributed by atoms with Crippen molar-refractivity contribution in [2.45, 2.75) is 32.4 Å². The highest BCUT2D eigenvalue weighted by atomic mass is 16.5. The third-order valence-corrected chi connectivity index (χ3v) is 6.61. The summed E-state index contributed by atoms with van der Waals surface area (Å²) in [5, 5.41) is 3.03. The van der Waals surface area contributed by atoms with E-state index in [4.69, 9.17) is 9.47 Å². The Morgan fingerprint density at radius 3 is 2.24 bits per heavy atom. The molecule has 1 saturated heterocycles. The summed E-state index contributed by atoms with van der Waals surface area (Å²) in [7, 11) is 1.62. The molecule has 0 aliphatic carbocycles. The zero-order valence-electron chi connectivity index (χ0n) is 21.6. The van der Waals surface area contributed by atoms with E-state index in [9.17, 15) is 9.59 Å². The van der Waals surface area contributed by atoms with E-state index in [2.05, 4.69) is 10.2 Å². The first-order valence-electron chi connectivity index (χ1n) is 12.8. The maximum absolute atomic E-state index is 13.5. The molecule has 1 N–H and O–H groups in total. The smallest absolute Gasteiger partial charge is 0.247 e. The van der Waals surface area contributed by atoms with Crippen LogP contribution in [0.1, 0.15) is 24.5 Å². The number of carbonyl (C=O) groups is 2. The number of hydrogen-bond acceptors (Lipinski definition) is 5. The first-order chi connectivity index (χ1) is 18.1. The van der Waals surface area contributed by atoms with E-state index in [0.29, 0.717) is 18.7 Å². The van der Waals surface area contributed by atoms with Gasteiger partial charge in [-0.1, -0.05) is 49.4 Å². The van der Waals surface area contributed by atoms with Crippen molar-refractivity contribution >= 4 is 23.2 Å². The second kappa shape index (κ2) is 12.9. The number of benzene rings is 3. The molecule has 1 heterocycles. The molecule has 1 aliphatic heterocycles. The summed E-state index contributed by atoms with van der Waals surface area (Å²) in [6.45, 7) is 5.41. The summed E-state index contributed by atoms with van der Waals surface area (Å²) < 4.78 is 10.7. The number of methoxy groups -OCH3 is 1. The Balaban J connectivity index is 1.50. The van der Waals surface area contributed by atoms with E-state index in [-0.39, 0.29) is 18.2 Å². The molecule has 0 spiro atoms. The van der Waals surface area contributed by atoms with Gasteiger partial charge in [0.1, 0.15) is 11.8 Å². The van der Waals surface area contributed by atoms with Gasteiger partial charge in [0.2, 0.25) is 11.8 Å². The van der Waals surface area contributed by atoms with Gasteiger partial charge >= 0.3 is 0 Å². The van der Waals surface area contributed by atoms with Crippen LogP contribution in [0.5, 0.6) is 5.75 Å². The van der Waals surface area contributed by atoms with Crippen molar-refractivity contribution in [2.24, 2.45) is 0 Å². The number of carbonyl (C=O) groups excluding carboxylic acids is 2. The number of amides is 2. The third-order valence-electron chi connectivity index (χ3n) is 6.61. The molecule has 1 atom stereocenters. The Bertz CT molecular complexity index is 1140. The van der Waals surface area contributed by atoms with Crippen LogP contribution in [-0.4, -0.2) is 56.2 Å². The molecule has 1 unspecified atom stereocenters. The summed E-state index contributed by atoms with van der Waals surface area (Å²) >= 11 is 0. The SMILES string of the molecule is CCC(C(=O)Nc1ccc(N2CCOCC2)cc1)N(Cc1ccc(OC)cc1)C(=O)Cc1ccccc1. The van der Waals surface area contributed by atoms with Gasteiger partial charge in [0.15, 0.2) is 0 Å². The molecular weight excluding hydrogens is 466 g/mol. The summed E-state index contributed by atoms with van der Waals surface area (Å²) in [6, 6.07) is 24.4. The van der Waals surface area contributed by atoms with E-state index in [1.165, 1.54) is 0 Å². The molecule has 0 aromatic heterocycles. The molecule has 0 bridgehead atoms. The molecule has 0 radical (unpaired) electrons. The van der Waals surface area contributed by atoms with Gasteiger partial charge in [-0.25, -0.2) is 0 Å². The van der Waals surface area contributed by atoms with Gasteiger partial charge in [-0.2, -0.15) is 0 Å². The van der Waals surface area contributed by atoms with Gasteiger partial charge < -0.3 is 24.6 Å². The number of morpholine rings is 1. The number of nitrogens with one attached hydrogen (secondary N) is 1. The standard InChI is InChI=1S/C30H35N3O4/c1-3-28(30(35)31-25-11-13-26(14-12-25)32-17-19-37-20-18-32)33(22-24-9-15-27(36-2)16-10-24)29(34)21-23-7-5-4-6-8-23/h4-16,28H,3,17-22H2,1-2H3,(H,31,35). The lowest BCUT2D eigenvalue weighted by Gasteiger charge is -2.31. The highest BCUT2D eigenvalue weighted by Gasteiger charge is 2.29. The number of ether oxygens (including phenoxy) is 2. The van der Waals surface area contributed by atoms with Crippen molar-refractivity contribution in [3.05, 3.63) is 90.0 Å². The predicted molar refractivity (Wildman–Crippen MR) is 146 cm³/mol. The normalized spacial score (nSPS) is 14.1. The molecule has 4 rings (SSSR count). The fourth-order valence-corrected chi connectivity index (χ4v) is 4.52. The highest BCUT2D eigenvalue weighted by Crippen LogP contribution is 2.21. The van der Waals surface area contributed by atoms with Crippen LogP contribution < -0.4 is 15.0 Å². The first kappa shape index (κ1) is 26.2. The number of hydrogen-bond donors (Lipinski definition) is 1. The maximum Gasteiger partial charge on any atom is 0.247 e. The van der Waals surface area contributed by atoms with Gasteiger partial charge in [-0.05, 0) is 53.9 Å². The largest absolute Gasteiger partial charge is 0.497 e. The second-order valence-electron chi connectivity index (χ2n) is 9.09. The van der Waals surface area contributed by atoms with E-state index in [1.54, 1.807) is 12.0 Å². The number of anilines is 2. The van der Waals surface area contributed by atoms with Gasteiger partial charge in [0.05, 0.1) is 26.7 Å². The van der Waals surface area contributed by atoms with Crippen molar-refractivity contribution in [3.8, 4) is 5.75 Å². The number of rotatable bonds is 10. The van der Waals surface area contributed by atoms with Gasteiger partial charge in [0, 0.05) is 31.0 Å². The van der Waals surface area contributed by atoms with Crippen molar-refractivity contribution in [2.75, 3.05) is 43.6 Å². The summed E-state index contributed by atoms with van der Waals surface area (Å²) in [5.41, 5.74) is 3.66. The Hall–Kier alpha value is -3.84. The lowest BCUT2D eigenvalue weighted by Crippen LogP contribution is -2.47. The molecule has 7 heteroatoms. The quantitative estimate of drug-likeness (QED) is 0.442. The van der Waals surface area contributed by atoms with Crippen LogP contribution >= 0.6 is 0 Å². The summed E-state index contributed by atoms with van der Waals surface area (Å²) in [5.74, 6) is 0.458. The fourth-order valence-electron chi connectivity index (χ4n) is 4.52. The zero-order chi connectivity index (χ0) is 26.0. The average Bonchev–Trinajstić information content (AvgIpc) is 2.94. The molecule has 7 nitrogen and oxygen atoms in total. The van der Waals surface area contributed by atoms with Crippen molar-refractivity contribution in [1.29, 1.82) is 0 Å². The topological polar surface area (TPSA) is 71.1 Å². The lowest BCUT2D eigenvalue weighted by molar-refractivity contribution is -0.139. The van der Waals surface area contributed by atoms with Crippen LogP contribution in [0.2, 0.25) is 0 Å². The van der Waals surface area contributed by atoms with Crippen LogP contribution in [0.15, 0.2) is 78.9 Å². The van der Waals surface area contributed by atoms with E-state index < -0.39 is 6.04 Å². The van der Waals surface area contributed by atoms with E-state index >= 15 is 0 Å². The van der Waals surface area contributed by atoms with E-state index in [0.717, 1.165) is 48.9 Å². The van der Waals surface area contributed by atoms with Crippen LogP contribution in [0.3, 0.4) is 0 Å². The lowest BCUT2D eigenvalue weighted by atomic mass is 10.1. The van der Waals surface area contributed by atoms with Gasteiger partial charge in [-0.3, -0.25) is 9.59 Å². The number of nitrogens with zero attached hydrogens (tertiary/aromatic N) is 2. The minimum absolute atomic E-state index is 0.0910. The van der Waals surface area contributed by atoms with Crippen molar-refractivity contribution in [1.82, 2.24) is 4.90 Å². The summed E-state index contributed by atoms with van der Waals surface area (Å²) in [4.78, 5) is 30.9. The molecular formula is C30H35N3O4. The Morgan fingerprint density at radius 1 is 0.946 bits per heavy atom. The van der Waals surface area contributed by atoms with Gasteiger partial charge in [0.25, 0.3) is 0 Å². The Morgan fingerprint density at radius 2 is 1.62 bits per heavy atom. The second-order valence-corrected chi connectivity index (χ2v) is 9.09. The van der Waals surface area contributed by atoms with Crippen molar-refractivity contribution in [3.63, 3.8) is 0 Å². The average molecular weight is 502 g/mol. The van der Waals surface area contributed by atoms with Crippen LogP contribution in [-0.2, 0) is 27.3 Å². The maximum atomic E-state index is 13.5. The molecule has 194 valence electrons. The summed E-state index contributed by atoms with van der Waals surface area (Å²) in [6.07, 6.45) is 0.726. The molecule has 1 fully saturated rings. The highest BCUT2D eigenvalue weighted by molar-refractivity contribution is 5.97. The molecule has 37 heavy (non-hydrogen) atoms. The van der Waals surface area contributed by atoms with Crippen LogP contribution in [0.25, 0.3) is 0 Å². The third kappa shape index (κ3) is 7.11. The Labute approximate surface area is 219 Å². The molecule has 0 saturated carbocycles. The van der Waals surface area contributed by atoms with Gasteiger partial charge in [-0.15, -0.1) is 0 Å². The minimum atomic E-state index is -0.614. The monoisotopic (exact) mass is 501 g/mol. The molecule has 1 aliphatic rings. The van der Waals surface area contributed by atoms with Crippen LogP contribution in [0.4, 0.5) is 11.4 Å². The predicted octanol–water partition coefficient (Wildman–Crippen LogP) is 4.52. The zero-order valence-corrected chi connectivity index (χ0v) is 21.6. The van der Waals surface area contributed by atoms with Crippen molar-refractivity contribution < 1.29 is 19.1 Å². The first-order valence-corrected chi connectivity index (χ1v) is 12.8. The molecule has 3 aromatic rings. The van der Waals surface area contributed by atoms with Crippen LogP contribution in [0, 0.1) is 0 Å². The Kier molecular flexibility index (Phi) is 9.16.